The van der Waals surface area contributed by atoms with Gasteiger partial charge in [-0.2, -0.15) is 0 Å². The van der Waals surface area contributed by atoms with E-state index in [2.05, 4.69) is 15.9 Å². The molecular formula is C9H9BrO3P+. The lowest BCUT2D eigenvalue weighted by Crippen LogP contribution is -2.08. The molecule has 1 aromatic rings. The van der Waals surface area contributed by atoms with E-state index in [4.69, 9.17) is 9.05 Å². The second-order valence-electron chi connectivity index (χ2n) is 2.99. The van der Waals surface area contributed by atoms with Crippen LogP contribution in [0.3, 0.4) is 0 Å². The number of hydrogen-bond donors (Lipinski definition) is 0. The third kappa shape index (κ3) is 2.39. The van der Waals surface area contributed by atoms with E-state index >= 15 is 0 Å². The van der Waals surface area contributed by atoms with Crippen LogP contribution >= 0.6 is 24.2 Å². The summed E-state index contributed by atoms with van der Waals surface area (Å²) >= 11 is 3.36. The minimum Gasteiger partial charge on any atom is -0.119 e. The van der Waals surface area contributed by atoms with Crippen molar-refractivity contribution in [3.63, 3.8) is 0 Å². The van der Waals surface area contributed by atoms with Crippen LogP contribution in [0.1, 0.15) is 18.1 Å². The Morgan fingerprint density at radius 2 is 2.07 bits per heavy atom. The molecule has 14 heavy (non-hydrogen) atoms. The fourth-order valence-corrected chi connectivity index (χ4v) is 2.34. The van der Waals surface area contributed by atoms with Gasteiger partial charge in [0, 0.05) is 15.5 Å². The highest BCUT2D eigenvalue weighted by Gasteiger charge is 2.33. The Balaban J connectivity index is 2.14. The molecule has 0 bridgehead atoms. The zero-order chi connectivity index (χ0) is 9.97. The first-order valence-electron chi connectivity index (χ1n) is 4.28. The maximum atomic E-state index is 11.0. The molecule has 0 aromatic heterocycles. The van der Waals surface area contributed by atoms with E-state index in [0.29, 0.717) is 6.61 Å². The molecule has 0 amide bonds. The third-order valence-electron chi connectivity index (χ3n) is 2.03. The smallest absolute Gasteiger partial charge is 0.119 e. The minimum absolute atomic E-state index is 0.0968. The molecule has 1 aliphatic rings. The van der Waals surface area contributed by atoms with Crippen LogP contribution in [-0.4, -0.2) is 6.61 Å². The first kappa shape index (κ1) is 10.2. The average molecular weight is 276 g/mol. The molecule has 0 saturated carbocycles. The van der Waals surface area contributed by atoms with Gasteiger partial charge in [0.05, 0.1) is 0 Å². The minimum atomic E-state index is -1.92. The molecule has 0 radical (unpaired) electrons. The van der Waals surface area contributed by atoms with Gasteiger partial charge in [-0.25, -0.2) is 0 Å². The van der Waals surface area contributed by atoms with Crippen molar-refractivity contribution in [3.05, 3.63) is 34.3 Å². The van der Waals surface area contributed by atoms with Gasteiger partial charge in [-0.15, -0.1) is 9.05 Å². The summed E-state index contributed by atoms with van der Waals surface area (Å²) < 4.78 is 22.0. The Kier molecular flexibility index (Phi) is 3.29. The zero-order valence-corrected chi connectivity index (χ0v) is 9.83. The molecule has 5 heteroatoms. The number of hydrogen-bond acceptors (Lipinski definition) is 3. The largest absolute Gasteiger partial charge is 0.698 e. The predicted molar refractivity (Wildman–Crippen MR) is 56.1 cm³/mol. The summed E-state index contributed by atoms with van der Waals surface area (Å²) in [5.74, 6) is 0. The zero-order valence-electron chi connectivity index (χ0n) is 7.35. The van der Waals surface area contributed by atoms with E-state index in [1.165, 1.54) is 0 Å². The SMILES string of the molecule is O=[P+]1OCC[C@@H](c2ccc(Br)cc2)O1. The molecule has 2 atom stereocenters. The van der Waals surface area contributed by atoms with E-state index < -0.39 is 8.25 Å². The van der Waals surface area contributed by atoms with Gasteiger partial charge >= 0.3 is 8.25 Å². The van der Waals surface area contributed by atoms with Crippen molar-refractivity contribution in [2.24, 2.45) is 0 Å². The average Bonchev–Trinajstić information content (AvgIpc) is 2.19. The van der Waals surface area contributed by atoms with Crippen molar-refractivity contribution in [1.82, 2.24) is 0 Å². The lowest BCUT2D eigenvalue weighted by Gasteiger charge is -2.12. The number of rotatable bonds is 1. The van der Waals surface area contributed by atoms with Crippen molar-refractivity contribution >= 4 is 24.2 Å². The normalized spacial score (nSPS) is 24.9. The van der Waals surface area contributed by atoms with Gasteiger partial charge in [-0.3, -0.25) is 0 Å². The highest BCUT2D eigenvalue weighted by molar-refractivity contribution is 9.10. The Morgan fingerprint density at radius 1 is 1.36 bits per heavy atom. The van der Waals surface area contributed by atoms with Gasteiger partial charge in [-0.1, -0.05) is 28.1 Å². The molecule has 3 nitrogen and oxygen atoms in total. The number of halogens is 1. The molecule has 1 fully saturated rings. The van der Waals surface area contributed by atoms with Crippen molar-refractivity contribution < 1.29 is 13.6 Å². The summed E-state index contributed by atoms with van der Waals surface area (Å²) in [6.07, 6.45) is 0.656. The monoisotopic (exact) mass is 275 g/mol. The summed E-state index contributed by atoms with van der Waals surface area (Å²) in [6, 6.07) is 7.81. The van der Waals surface area contributed by atoms with Crippen LogP contribution in [0.2, 0.25) is 0 Å². The van der Waals surface area contributed by atoms with Gasteiger partial charge in [0.15, 0.2) is 0 Å². The van der Waals surface area contributed by atoms with Crippen LogP contribution in [0.5, 0.6) is 0 Å². The molecule has 1 unspecified atom stereocenters. The van der Waals surface area contributed by atoms with E-state index in [0.717, 1.165) is 16.5 Å². The van der Waals surface area contributed by atoms with Crippen molar-refractivity contribution in [1.29, 1.82) is 0 Å². The highest BCUT2D eigenvalue weighted by atomic mass is 79.9. The molecule has 1 saturated heterocycles. The predicted octanol–water partition coefficient (Wildman–Crippen LogP) is 3.58. The summed E-state index contributed by atoms with van der Waals surface area (Å²) in [4.78, 5) is 0. The molecule has 1 aromatic carbocycles. The molecule has 0 N–H and O–H groups in total. The molecule has 1 aliphatic heterocycles. The standard InChI is InChI=1S/C9H9BrO3P/c10-8-3-1-7(2-4-8)9-5-6-12-14(11)13-9/h1-4,9H,5-6H2/q+1/t9-/m0/s1. The highest BCUT2D eigenvalue weighted by Crippen LogP contribution is 2.39. The maximum absolute atomic E-state index is 11.0. The first-order chi connectivity index (χ1) is 6.75. The molecule has 0 aliphatic carbocycles. The lowest BCUT2D eigenvalue weighted by atomic mass is 10.1. The molecule has 74 valence electrons. The molecule has 0 spiro atoms. The van der Waals surface area contributed by atoms with Crippen LogP contribution in [0, 0.1) is 0 Å². The second kappa shape index (κ2) is 4.49. The quantitative estimate of drug-likeness (QED) is 0.735. The van der Waals surface area contributed by atoms with Gasteiger partial charge in [-0.05, 0) is 17.7 Å². The van der Waals surface area contributed by atoms with Crippen LogP contribution in [0.25, 0.3) is 0 Å². The molecular weight excluding hydrogens is 267 g/mol. The second-order valence-corrected chi connectivity index (χ2v) is 4.82. The Bertz CT molecular complexity index is 338. The molecule has 1 heterocycles. The van der Waals surface area contributed by atoms with Crippen molar-refractivity contribution in [2.75, 3.05) is 6.61 Å². The summed E-state index contributed by atoms with van der Waals surface area (Å²) in [5.41, 5.74) is 1.04. The van der Waals surface area contributed by atoms with Gasteiger partial charge in [0.1, 0.15) is 12.7 Å². The fourth-order valence-electron chi connectivity index (χ4n) is 1.33. The van der Waals surface area contributed by atoms with E-state index in [1.54, 1.807) is 0 Å². The van der Waals surface area contributed by atoms with Crippen molar-refractivity contribution in [2.45, 2.75) is 12.5 Å². The van der Waals surface area contributed by atoms with Gasteiger partial charge < -0.3 is 0 Å². The summed E-state index contributed by atoms with van der Waals surface area (Å²) in [5, 5.41) is 0. The fraction of sp³-hybridized carbons (Fsp3) is 0.333. The van der Waals surface area contributed by atoms with E-state index in [9.17, 15) is 4.57 Å². The molecule has 2 rings (SSSR count). The van der Waals surface area contributed by atoms with E-state index in [-0.39, 0.29) is 6.10 Å². The first-order valence-corrected chi connectivity index (χ1v) is 6.17. The van der Waals surface area contributed by atoms with Crippen LogP contribution in [0.15, 0.2) is 28.7 Å². The Labute approximate surface area is 91.5 Å². The van der Waals surface area contributed by atoms with Crippen molar-refractivity contribution in [3.8, 4) is 0 Å². The third-order valence-corrected chi connectivity index (χ3v) is 3.38. The van der Waals surface area contributed by atoms with Gasteiger partial charge in [0.2, 0.25) is 0 Å². The lowest BCUT2D eigenvalue weighted by molar-refractivity contribution is 0.0968. The van der Waals surface area contributed by atoms with Gasteiger partial charge in [0.25, 0.3) is 0 Å². The van der Waals surface area contributed by atoms with E-state index in [1.807, 2.05) is 24.3 Å². The van der Waals surface area contributed by atoms with Crippen LogP contribution in [0.4, 0.5) is 0 Å². The number of benzene rings is 1. The summed E-state index contributed by atoms with van der Waals surface area (Å²) in [7, 11) is -1.92. The Morgan fingerprint density at radius 3 is 2.71 bits per heavy atom. The van der Waals surface area contributed by atoms with Crippen LogP contribution < -0.4 is 0 Å². The Hall–Kier alpha value is -0.280. The van der Waals surface area contributed by atoms with Crippen LogP contribution in [-0.2, 0) is 13.6 Å². The maximum Gasteiger partial charge on any atom is 0.698 e. The topological polar surface area (TPSA) is 35.5 Å². The summed E-state index contributed by atoms with van der Waals surface area (Å²) in [6.45, 7) is 0.496.